The molecule has 1 fully saturated rings. The summed E-state index contributed by atoms with van der Waals surface area (Å²) in [5.41, 5.74) is -0.709. The maximum absolute atomic E-state index is 12.9. The SMILES string of the molecule is COc1cc(OC)cc(C(=O)N2CCN(S(=O)(=O)c3cccc(C(F)(F)F)c3)CC2)c1. The Kier molecular flexibility index (Phi) is 6.46. The fourth-order valence-electron chi connectivity index (χ4n) is 3.23. The van der Waals surface area contributed by atoms with Crippen molar-refractivity contribution in [2.24, 2.45) is 0 Å². The van der Waals surface area contributed by atoms with Crippen LogP contribution in [0, 0.1) is 0 Å². The number of hydrogen-bond donors (Lipinski definition) is 0. The van der Waals surface area contributed by atoms with Crippen LogP contribution in [-0.2, 0) is 16.2 Å². The highest BCUT2D eigenvalue weighted by Gasteiger charge is 2.34. The first-order chi connectivity index (χ1) is 14.6. The summed E-state index contributed by atoms with van der Waals surface area (Å²) in [4.78, 5) is 13.9. The van der Waals surface area contributed by atoms with Gasteiger partial charge in [0.25, 0.3) is 5.91 Å². The summed E-state index contributed by atoms with van der Waals surface area (Å²) in [6.45, 7) is 0.115. The summed E-state index contributed by atoms with van der Waals surface area (Å²) in [5.74, 6) is 0.551. The van der Waals surface area contributed by atoms with Gasteiger partial charge in [0, 0.05) is 37.8 Å². The van der Waals surface area contributed by atoms with Crippen molar-refractivity contribution in [2.45, 2.75) is 11.1 Å². The number of ether oxygens (including phenoxy) is 2. The molecule has 2 aromatic rings. The van der Waals surface area contributed by atoms with Crippen LogP contribution >= 0.6 is 0 Å². The topological polar surface area (TPSA) is 76.2 Å². The molecular formula is C20H21F3N2O5S. The highest BCUT2D eigenvalue weighted by molar-refractivity contribution is 7.89. The molecule has 7 nitrogen and oxygen atoms in total. The molecule has 0 atom stereocenters. The van der Waals surface area contributed by atoms with Crippen LogP contribution in [-0.4, -0.2) is 63.9 Å². The van der Waals surface area contributed by atoms with E-state index in [1.54, 1.807) is 18.2 Å². The summed E-state index contributed by atoms with van der Waals surface area (Å²) >= 11 is 0. The quantitative estimate of drug-likeness (QED) is 0.689. The third kappa shape index (κ3) is 4.93. The molecule has 1 amide bonds. The molecule has 0 aromatic heterocycles. The average Bonchev–Trinajstić information content (AvgIpc) is 2.77. The number of nitrogens with zero attached hydrogens (tertiary/aromatic N) is 2. The van der Waals surface area contributed by atoms with Gasteiger partial charge in [0.15, 0.2) is 0 Å². The Bertz CT molecular complexity index is 1040. The highest BCUT2D eigenvalue weighted by Crippen LogP contribution is 2.31. The second-order valence-electron chi connectivity index (χ2n) is 6.82. The first kappa shape index (κ1) is 22.9. The third-order valence-corrected chi connectivity index (χ3v) is 6.82. The summed E-state index contributed by atoms with van der Waals surface area (Å²) in [7, 11) is -1.21. The van der Waals surface area contributed by atoms with E-state index in [1.807, 2.05) is 0 Å². The first-order valence-corrected chi connectivity index (χ1v) is 10.7. The monoisotopic (exact) mass is 458 g/mol. The van der Waals surface area contributed by atoms with Gasteiger partial charge in [-0.05, 0) is 30.3 Å². The van der Waals surface area contributed by atoms with Gasteiger partial charge >= 0.3 is 6.18 Å². The highest BCUT2D eigenvalue weighted by atomic mass is 32.2. The van der Waals surface area contributed by atoms with E-state index in [1.165, 1.54) is 19.1 Å². The number of alkyl halides is 3. The fourth-order valence-corrected chi connectivity index (χ4v) is 4.70. The van der Waals surface area contributed by atoms with Crippen LogP contribution in [0.25, 0.3) is 0 Å². The van der Waals surface area contributed by atoms with Crippen molar-refractivity contribution in [1.82, 2.24) is 9.21 Å². The molecule has 1 saturated heterocycles. The zero-order valence-electron chi connectivity index (χ0n) is 16.8. The number of halogens is 3. The van der Waals surface area contributed by atoms with Gasteiger partial charge in [-0.1, -0.05) is 6.07 Å². The van der Waals surface area contributed by atoms with Crippen molar-refractivity contribution in [2.75, 3.05) is 40.4 Å². The molecule has 2 aromatic carbocycles. The zero-order chi connectivity index (χ0) is 22.8. The van der Waals surface area contributed by atoms with Crippen molar-refractivity contribution in [3.8, 4) is 11.5 Å². The second-order valence-corrected chi connectivity index (χ2v) is 8.76. The molecule has 1 aliphatic heterocycles. The lowest BCUT2D eigenvalue weighted by Crippen LogP contribution is -2.50. The van der Waals surface area contributed by atoms with E-state index in [4.69, 9.17) is 9.47 Å². The lowest BCUT2D eigenvalue weighted by atomic mass is 10.1. The van der Waals surface area contributed by atoms with Crippen LogP contribution in [0.3, 0.4) is 0 Å². The number of methoxy groups -OCH3 is 2. The van der Waals surface area contributed by atoms with Gasteiger partial charge in [-0.3, -0.25) is 4.79 Å². The Labute approximate surface area is 178 Å². The number of carbonyl (C=O) groups excluding carboxylic acids is 1. The Hall–Kier alpha value is -2.79. The number of hydrogen-bond acceptors (Lipinski definition) is 5. The molecule has 3 rings (SSSR count). The molecule has 0 aliphatic carbocycles. The van der Waals surface area contributed by atoms with Gasteiger partial charge in [0.1, 0.15) is 11.5 Å². The summed E-state index contributed by atoms with van der Waals surface area (Å²) < 4.78 is 75.8. The van der Waals surface area contributed by atoms with Crippen LogP contribution in [0.4, 0.5) is 13.2 Å². The van der Waals surface area contributed by atoms with Crippen LogP contribution < -0.4 is 9.47 Å². The molecule has 0 unspecified atom stereocenters. The molecule has 11 heteroatoms. The Morgan fingerprint density at radius 3 is 2.03 bits per heavy atom. The Morgan fingerprint density at radius 2 is 1.52 bits per heavy atom. The zero-order valence-corrected chi connectivity index (χ0v) is 17.7. The molecular weight excluding hydrogens is 437 g/mol. The van der Waals surface area contributed by atoms with Crippen molar-refractivity contribution in [3.05, 3.63) is 53.6 Å². The van der Waals surface area contributed by atoms with Gasteiger partial charge in [0.2, 0.25) is 10.0 Å². The molecule has 168 valence electrons. The first-order valence-electron chi connectivity index (χ1n) is 9.26. The van der Waals surface area contributed by atoms with Crippen LogP contribution in [0.2, 0.25) is 0 Å². The average molecular weight is 458 g/mol. The fraction of sp³-hybridized carbons (Fsp3) is 0.350. The predicted octanol–water partition coefficient (Wildman–Crippen LogP) is 2.87. The number of piperazine rings is 1. The van der Waals surface area contributed by atoms with E-state index in [0.717, 1.165) is 22.5 Å². The minimum atomic E-state index is -4.64. The molecule has 0 spiro atoms. The minimum Gasteiger partial charge on any atom is -0.497 e. The number of benzene rings is 2. The molecule has 1 heterocycles. The minimum absolute atomic E-state index is 0.0363. The molecule has 0 radical (unpaired) electrons. The largest absolute Gasteiger partial charge is 0.497 e. The van der Waals surface area contributed by atoms with Crippen LogP contribution in [0.5, 0.6) is 11.5 Å². The van der Waals surface area contributed by atoms with Gasteiger partial charge in [-0.2, -0.15) is 17.5 Å². The normalized spacial score (nSPS) is 15.6. The number of amides is 1. The van der Waals surface area contributed by atoms with Gasteiger partial charge in [-0.25, -0.2) is 8.42 Å². The van der Waals surface area contributed by atoms with Crippen molar-refractivity contribution in [1.29, 1.82) is 0 Å². The van der Waals surface area contributed by atoms with Gasteiger partial charge in [0.05, 0.1) is 24.7 Å². The number of rotatable bonds is 5. The van der Waals surface area contributed by atoms with Crippen LogP contribution in [0.15, 0.2) is 47.4 Å². The van der Waals surface area contributed by atoms with Gasteiger partial charge < -0.3 is 14.4 Å². The molecule has 0 saturated carbocycles. The maximum atomic E-state index is 12.9. The van der Waals surface area contributed by atoms with E-state index in [-0.39, 0.29) is 32.1 Å². The van der Waals surface area contributed by atoms with Gasteiger partial charge in [-0.15, -0.1) is 0 Å². The summed E-state index contributed by atoms with van der Waals surface area (Å²) in [6.07, 6.45) is -4.64. The van der Waals surface area contributed by atoms with E-state index < -0.39 is 26.7 Å². The predicted molar refractivity (Wildman–Crippen MR) is 106 cm³/mol. The Balaban J connectivity index is 1.74. The molecule has 1 aliphatic rings. The maximum Gasteiger partial charge on any atom is 0.416 e. The Morgan fingerprint density at radius 1 is 0.935 bits per heavy atom. The summed E-state index contributed by atoms with van der Waals surface area (Å²) in [6, 6.07) is 8.35. The molecule has 0 bridgehead atoms. The third-order valence-electron chi connectivity index (χ3n) is 4.92. The lowest BCUT2D eigenvalue weighted by molar-refractivity contribution is -0.137. The van der Waals surface area contributed by atoms with Crippen molar-refractivity contribution in [3.63, 3.8) is 0 Å². The van der Waals surface area contributed by atoms with E-state index >= 15 is 0 Å². The van der Waals surface area contributed by atoms with E-state index in [0.29, 0.717) is 23.1 Å². The van der Waals surface area contributed by atoms with Crippen molar-refractivity contribution >= 4 is 15.9 Å². The smallest absolute Gasteiger partial charge is 0.416 e. The van der Waals surface area contributed by atoms with Crippen LogP contribution in [0.1, 0.15) is 15.9 Å². The van der Waals surface area contributed by atoms with E-state index in [9.17, 15) is 26.4 Å². The number of sulfonamides is 1. The number of carbonyl (C=O) groups is 1. The standard InChI is InChI=1S/C20H21F3N2O5S/c1-29-16-10-14(11-17(13-16)30-2)19(26)24-6-8-25(9-7-24)31(27,28)18-5-3-4-15(12-18)20(21,22)23/h3-5,10-13H,6-9H2,1-2H3. The lowest BCUT2D eigenvalue weighted by Gasteiger charge is -2.34. The van der Waals surface area contributed by atoms with E-state index in [2.05, 4.69) is 0 Å². The van der Waals surface area contributed by atoms with Crippen molar-refractivity contribution < 1.29 is 35.9 Å². The molecule has 31 heavy (non-hydrogen) atoms. The molecule has 0 N–H and O–H groups in total. The second kappa shape index (κ2) is 8.75. The summed E-state index contributed by atoms with van der Waals surface area (Å²) in [5, 5.41) is 0.